The highest BCUT2D eigenvalue weighted by molar-refractivity contribution is 9.10. The van der Waals surface area contributed by atoms with Gasteiger partial charge in [0, 0.05) is 10.2 Å². The third-order valence-electron chi connectivity index (χ3n) is 3.62. The summed E-state index contributed by atoms with van der Waals surface area (Å²) in [5, 5.41) is 3.62. The molecule has 0 fully saturated rings. The molecular weight excluding hydrogens is 286 g/mol. The molecule has 0 aliphatic carbocycles. The van der Waals surface area contributed by atoms with Crippen molar-refractivity contribution in [3.05, 3.63) is 63.1 Å². The topological polar surface area (TPSA) is 12.0 Å². The fourth-order valence-corrected chi connectivity index (χ4v) is 3.18. The molecule has 0 bridgehead atoms. The van der Waals surface area contributed by atoms with Crippen molar-refractivity contribution in [1.82, 2.24) is 0 Å². The largest absolute Gasteiger partial charge is 0.378 e. The number of fused-ring (bicyclic) bond motifs is 1. The molecule has 18 heavy (non-hydrogen) atoms. The molecule has 2 aromatic rings. The lowest BCUT2D eigenvalue weighted by atomic mass is 9.98. The first kappa shape index (κ1) is 11.8. The third-order valence-corrected chi connectivity index (χ3v) is 4.12. The van der Waals surface area contributed by atoms with Crippen LogP contribution in [0.4, 0.5) is 5.69 Å². The van der Waals surface area contributed by atoms with E-state index in [2.05, 4.69) is 71.5 Å². The van der Waals surface area contributed by atoms with Crippen LogP contribution in [0.1, 0.15) is 28.3 Å². The summed E-state index contributed by atoms with van der Waals surface area (Å²) in [6.45, 7) is 4.33. The standard InChI is InChI=1S/C16H16BrN/c1-10-3-6-15-12(7-10)9-16(18-15)14-5-4-13(17)8-11(14)2/h3-8,16,18H,9H2,1-2H3/t16-/m1/s1. The Morgan fingerprint density at radius 2 is 1.94 bits per heavy atom. The number of nitrogens with one attached hydrogen (secondary N) is 1. The van der Waals surface area contributed by atoms with Gasteiger partial charge in [0.1, 0.15) is 0 Å². The Balaban J connectivity index is 1.93. The van der Waals surface area contributed by atoms with Crippen LogP contribution in [0.3, 0.4) is 0 Å². The minimum atomic E-state index is 0.412. The SMILES string of the molecule is Cc1ccc2c(c1)C[C@H](c1ccc(Br)cc1C)N2. The first-order valence-corrected chi connectivity index (χ1v) is 7.05. The number of hydrogen-bond acceptors (Lipinski definition) is 1. The predicted octanol–water partition coefficient (Wildman–Crippen LogP) is 4.78. The summed E-state index contributed by atoms with van der Waals surface area (Å²) >= 11 is 3.52. The predicted molar refractivity (Wildman–Crippen MR) is 80.1 cm³/mol. The van der Waals surface area contributed by atoms with Crippen LogP contribution in [0.5, 0.6) is 0 Å². The Bertz CT molecular complexity index is 604. The average molecular weight is 302 g/mol. The minimum Gasteiger partial charge on any atom is -0.378 e. The molecule has 1 nitrogen and oxygen atoms in total. The van der Waals surface area contributed by atoms with Crippen LogP contribution < -0.4 is 5.32 Å². The second kappa shape index (κ2) is 4.43. The molecule has 1 aliphatic heterocycles. The summed E-state index contributed by atoms with van der Waals surface area (Å²) in [5.41, 5.74) is 6.79. The molecule has 0 spiro atoms. The van der Waals surface area contributed by atoms with Crippen LogP contribution in [0.2, 0.25) is 0 Å². The van der Waals surface area contributed by atoms with Gasteiger partial charge < -0.3 is 5.32 Å². The molecule has 3 rings (SSSR count). The Morgan fingerprint density at radius 1 is 1.11 bits per heavy atom. The number of aryl methyl sites for hydroxylation is 2. The van der Waals surface area contributed by atoms with Crippen molar-refractivity contribution in [3.8, 4) is 0 Å². The molecule has 1 aliphatic rings. The van der Waals surface area contributed by atoms with Crippen LogP contribution in [0.15, 0.2) is 40.9 Å². The van der Waals surface area contributed by atoms with Crippen LogP contribution in [-0.2, 0) is 6.42 Å². The summed E-state index contributed by atoms with van der Waals surface area (Å²) in [4.78, 5) is 0. The first-order valence-electron chi connectivity index (χ1n) is 6.25. The van der Waals surface area contributed by atoms with Crippen molar-refractivity contribution < 1.29 is 0 Å². The highest BCUT2D eigenvalue weighted by atomic mass is 79.9. The van der Waals surface area contributed by atoms with E-state index in [1.165, 1.54) is 27.9 Å². The van der Waals surface area contributed by atoms with Gasteiger partial charge in [-0.05, 0) is 55.2 Å². The van der Waals surface area contributed by atoms with Crippen molar-refractivity contribution in [1.29, 1.82) is 0 Å². The fraction of sp³-hybridized carbons (Fsp3) is 0.250. The number of halogens is 1. The van der Waals surface area contributed by atoms with Gasteiger partial charge >= 0.3 is 0 Å². The summed E-state index contributed by atoms with van der Waals surface area (Å²) in [5.74, 6) is 0. The van der Waals surface area contributed by atoms with E-state index < -0.39 is 0 Å². The molecule has 1 atom stereocenters. The highest BCUT2D eigenvalue weighted by Crippen LogP contribution is 2.36. The normalized spacial score (nSPS) is 17.4. The Labute approximate surface area is 116 Å². The number of benzene rings is 2. The maximum atomic E-state index is 3.62. The lowest BCUT2D eigenvalue weighted by molar-refractivity contribution is 0.815. The maximum Gasteiger partial charge on any atom is 0.0557 e. The quantitative estimate of drug-likeness (QED) is 0.799. The van der Waals surface area contributed by atoms with Gasteiger partial charge in [-0.25, -0.2) is 0 Å². The zero-order chi connectivity index (χ0) is 12.7. The van der Waals surface area contributed by atoms with E-state index in [0.29, 0.717) is 6.04 Å². The van der Waals surface area contributed by atoms with Gasteiger partial charge in [-0.15, -0.1) is 0 Å². The van der Waals surface area contributed by atoms with E-state index in [1.54, 1.807) is 0 Å². The van der Waals surface area contributed by atoms with E-state index in [-0.39, 0.29) is 0 Å². The zero-order valence-electron chi connectivity index (χ0n) is 10.6. The second-order valence-corrected chi connectivity index (χ2v) is 5.98. The number of hydrogen-bond donors (Lipinski definition) is 1. The van der Waals surface area contributed by atoms with Gasteiger partial charge in [0.05, 0.1) is 6.04 Å². The summed E-state index contributed by atoms with van der Waals surface area (Å²) < 4.78 is 1.15. The molecule has 0 amide bonds. The second-order valence-electron chi connectivity index (χ2n) is 5.06. The van der Waals surface area contributed by atoms with Crippen molar-refractivity contribution >= 4 is 21.6 Å². The molecule has 0 saturated carbocycles. The van der Waals surface area contributed by atoms with Crippen molar-refractivity contribution in [3.63, 3.8) is 0 Å². The molecule has 2 heteroatoms. The van der Waals surface area contributed by atoms with E-state index in [0.717, 1.165) is 10.9 Å². The Kier molecular flexibility index (Phi) is 2.90. The average Bonchev–Trinajstić information content (AvgIpc) is 2.71. The van der Waals surface area contributed by atoms with Crippen molar-refractivity contribution in [2.24, 2.45) is 0 Å². The van der Waals surface area contributed by atoms with Crippen LogP contribution in [0, 0.1) is 13.8 Å². The molecule has 92 valence electrons. The number of rotatable bonds is 1. The van der Waals surface area contributed by atoms with Crippen molar-refractivity contribution in [2.45, 2.75) is 26.3 Å². The van der Waals surface area contributed by atoms with E-state index in [9.17, 15) is 0 Å². The van der Waals surface area contributed by atoms with Crippen molar-refractivity contribution in [2.75, 3.05) is 5.32 Å². The van der Waals surface area contributed by atoms with Gasteiger partial charge in [0.2, 0.25) is 0 Å². The fourth-order valence-electron chi connectivity index (χ4n) is 2.71. The molecule has 0 radical (unpaired) electrons. The Hall–Kier alpha value is -1.28. The zero-order valence-corrected chi connectivity index (χ0v) is 12.2. The van der Waals surface area contributed by atoms with Gasteiger partial charge in [0.15, 0.2) is 0 Å². The van der Waals surface area contributed by atoms with Crippen LogP contribution >= 0.6 is 15.9 Å². The highest BCUT2D eigenvalue weighted by Gasteiger charge is 2.22. The van der Waals surface area contributed by atoms with Gasteiger partial charge in [0.25, 0.3) is 0 Å². The molecule has 0 saturated heterocycles. The third kappa shape index (κ3) is 2.05. The molecule has 2 aromatic carbocycles. The molecule has 0 unspecified atom stereocenters. The maximum absolute atomic E-state index is 3.62. The lowest BCUT2D eigenvalue weighted by Gasteiger charge is -2.14. The van der Waals surface area contributed by atoms with E-state index in [1.807, 2.05) is 0 Å². The smallest absolute Gasteiger partial charge is 0.0557 e. The van der Waals surface area contributed by atoms with Gasteiger partial charge in [-0.1, -0.05) is 39.7 Å². The summed E-state index contributed by atoms with van der Waals surface area (Å²) in [6, 6.07) is 13.6. The van der Waals surface area contributed by atoms with E-state index >= 15 is 0 Å². The molecule has 1 heterocycles. The monoisotopic (exact) mass is 301 g/mol. The Morgan fingerprint density at radius 3 is 2.72 bits per heavy atom. The van der Waals surface area contributed by atoms with Gasteiger partial charge in [-0.2, -0.15) is 0 Å². The summed E-state index contributed by atoms with van der Waals surface area (Å²) in [7, 11) is 0. The van der Waals surface area contributed by atoms with Crippen LogP contribution in [0.25, 0.3) is 0 Å². The lowest BCUT2D eigenvalue weighted by Crippen LogP contribution is -2.07. The van der Waals surface area contributed by atoms with Gasteiger partial charge in [-0.3, -0.25) is 0 Å². The molecular formula is C16H16BrN. The van der Waals surface area contributed by atoms with Crippen LogP contribution in [-0.4, -0.2) is 0 Å². The molecule has 1 N–H and O–H groups in total. The first-order chi connectivity index (χ1) is 8.63. The summed E-state index contributed by atoms with van der Waals surface area (Å²) in [6.07, 6.45) is 1.08. The van der Waals surface area contributed by atoms with E-state index in [4.69, 9.17) is 0 Å². The number of anilines is 1. The minimum absolute atomic E-state index is 0.412. The molecule has 0 aromatic heterocycles.